The second-order valence-corrected chi connectivity index (χ2v) is 6.20. The third-order valence-electron chi connectivity index (χ3n) is 3.70. The molecule has 21 heavy (non-hydrogen) atoms. The number of rotatable bonds is 5. The highest BCUT2D eigenvalue weighted by molar-refractivity contribution is 5.85. The first kappa shape index (κ1) is 17.7. The molecule has 1 aliphatic heterocycles. The predicted octanol–water partition coefficient (Wildman–Crippen LogP) is 0.286. The number of carboxylic acid groups (broad SMARTS) is 1. The fourth-order valence-electron chi connectivity index (χ4n) is 2.49. The van der Waals surface area contributed by atoms with Gasteiger partial charge in [0.05, 0.1) is 12.1 Å². The highest BCUT2D eigenvalue weighted by atomic mass is 16.4. The zero-order valence-electron chi connectivity index (χ0n) is 12.9. The number of carbonyl (C=O) groups excluding carboxylic acids is 1. The molecule has 7 nitrogen and oxygen atoms in total. The number of β-amino-alcohol motifs (C(OH)–C–C–N with tert-alkyl or cyclic N) is 1. The fourth-order valence-corrected chi connectivity index (χ4v) is 2.49. The van der Waals surface area contributed by atoms with E-state index in [0.29, 0.717) is 25.4 Å². The summed E-state index contributed by atoms with van der Waals surface area (Å²) in [7, 11) is 0. The SMILES string of the molecule is CC(C)C[C@H](NC(=O)O)C(=O)N[C@H]1CC[C@@H](C)NC[C@@H]1O. The molecule has 1 saturated heterocycles. The van der Waals surface area contributed by atoms with Crippen LogP contribution in [-0.2, 0) is 4.79 Å². The molecule has 2 amide bonds. The quantitative estimate of drug-likeness (QED) is 0.501. The third-order valence-corrected chi connectivity index (χ3v) is 3.70. The Bertz CT molecular complexity index is 362. The summed E-state index contributed by atoms with van der Waals surface area (Å²) in [5.74, 6) is -0.182. The van der Waals surface area contributed by atoms with Gasteiger partial charge in [-0.25, -0.2) is 4.79 Å². The Labute approximate surface area is 125 Å². The lowest BCUT2D eigenvalue weighted by Crippen LogP contribution is -2.53. The van der Waals surface area contributed by atoms with Gasteiger partial charge in [0.1, 0.15) is 6.04 Å². The van der Waals surface area contributed by atoms with Crippen LogP contribution in [0.2, 0.25) is 0 Å². The maximum Gasteiger partial charge on any atom is 0.405 e. The lowest BCUT2D eigenvalue weighted by Gasteiger charge is -2.25. The fraction of sp³-hybridized carbons (Fsp3) is 0.857. The normalized spacial score (nSPS) is 27.8. The minimum Gasteiger partial charge on any atom is -0.465 e. The maximum atomic E-state index is 12.3. The van der Waals surface area contributed by atoms with Crippen LogP contribution in [0.5, 0.6) is 0 Å². The van der Waals surface area contributed by atoms with Crippen molar-refractivity contribution in [2.45, 2.75) is 64.3 Å². The number of hydrogen-bond donors (Lipinski definition) is 5. The molecule has 1 aliphatic rings. The molecule has 0 saturated carbocycles. The number of nitrogens with one attached hydrogen (secondary N) is 3. The molecule has 7 heteroatoms. The smallest absolute Gasteiger partial charge is 0.405 e. The van der Waals surface area contributed by atoms with Gasteiger partial charge in [-0.1, -0.05) is 13.8 Å². The van der Waals surface area contributed by atoms with E-state index in [9.17, 15) is 14.7 Å². The first-order valence-electron chi connectivity index (χ1n) is 7.50. The lowest BCUT2D eigenvalue weighted by molar-refractivity contribution is -0.125. The lowest BCUT2D eigenvalue weighted by atomic mass is 10.0. The van der Waals surface area contributed by atoms with Crippen molar-refractivity contribution in [1.29, 1.82) is 0 Å². The average Bonchev–Trinajstić information content (AvgIpc) is 2.52. The molecule has 0 aromatic rings. The topological polar surface area (TPSA) is 111 Å². The molecule has 0 aromatic heterocycles. The third kappa shape index (κ3) is 6.31. The number of hydrogen-bond acceptors (Lipinski definition) is 4. The van der Waals surface area contributed by atoms with E-state index in [1.807, 2.05) is 20.8 Å². The Balaban J connectivity index is 2.63. The van der Waals surface area contributed by atoms with Crippen LogP contribution in [0.25, 0.3) is 0 Å². The highest BCUT2D eigenvalue weighted by Gasteiger charge is 2.29. The van der Waals surface area contributed by atoms with Crippen molar-refractivity contribution in [3.8, 4) is 0 Å². The summed E-state index contributed by atoms with van der Waals surface area (Å²) in [6, 6.07) is -0.839. The first-order valence-corrected chi connectivity index (χ1v) is 7.50. The van der Waals surface area contributed by atoms with E-state index < -0.39 is 18.2 Å². The summed E-state index contributed by atoms with van der Waals surface area (Å²) < 4.78 is 0. The van der Waals surface area contributed by atoms with E-state index in [2.05, 4.69) is 16.0 Å². The summed E-state index contributed by atoms with van der Waals surface area (Å²) in [6.45, 7) is 6.31. The number of aliphatic hydroxyl groups is 1. The van der Waals surface area contributed by atoms with Crippen LogP contribution in [-0.4, -0.2) is 53.0 Å². The molecule has 1 fully saturated rings. The maximum absolute atomic E-state index is 12.3. The van der Waals surface area contributed by atoms with Gasteiger partial charge in [-0.05, 0) is 32.1 Å². The molecule has 0 spiro atoms. The van der Waals surface area contributed by atoms with Gasteiger partial charge < -0.3 is 26.2 Å². The molecular formula is C14H27N3O4. The van der Waals surface area contributed by atoms with E-state index in [4.69, 9.17) is 5.11 Å². The molecule has 0 aliphatic carbocycles. The Morgan fingerprint density at radius 1 is 1.33 bits per heavy atom. The standard InChI is InChI=1S/C14H27N3O4/c1-8(2)6-11(17-14(20)21)13(19)16-10-5-4-9(3)15-7-12(10)18/h8-12,15,17-18H,4-7H2,1-3H3,(H,16,19)(H,20,21)/t9-,10+,11+,12+/m1/s1. The molecule has 122 valence electrons. The van der Waals surface area contributed by atoms with E-state index >= 15 is 0 Å². The van der Waals surface area contributed by atoms with Crippen molar-refractivity contribution in [1.82, 2.24) is 16.0 Å². The first-order chi connectivity index (χ1) is 9.79. The van der Waals surface area contributed by atoms with Gasteiger partial charge >= 0.3 is 6.09 Å². The summed E-state index contributed by atoms with van der Waals surface area (Å²) in [5.41, 5.74) is 0. The summed E-state index contributed by atoms with van der Waals surface area (Å²) >= 11 is 0. The van der Waals surface area contributed by atoms with Gasteiger partial charge in [-0.3, -0.25) is 4.79 Å². The van der Waals surface area contributed by atoms with Crippen molar-refractivity contribution >= 4 is 12.0 Å². The van der Waals surface area contributed by atoms with Crippen LogP contribution in [0.15, 0.2) is 0 Å². The predicted molar refractivity (Wildman–Crippen MR) is 79.0 cm³/mol. The van der Waals surface area contributed by atoms with Crippen molar-refractivity contribution in [3.63, 3.8) is 0 Å². The average molecular weight is 301 g/mol. The van der Waals surface area contributed by atoms with Gasteiger partial charge in [-0.2, -0.15) is 0 Å². The van der Waals surface area contributed by atoms with Crippen LogP contribution >= 0.6 is 0 Å². The molecule has 0 radical (unpaired) electrons. The minimum absolute atomic E-state index is 0.188. The minimum atomic E-state index is -1.22. The van der Waals surface area contributed by atoms with Gasteiger partial charge in [0.15, 0.2) is 0 Å². The zero-order valence-corrected chi connectivity index (χ0v) is 12.9. The molecule has 0 bridgehead atoms. The van der Waals surface area contributed by atoms with Crippen LogP contribution in [0.3, 0.4) is 0 Å². The van der Waals surface area contributed by atoms with E-state index in [1.165, 1.54) is 0 Å². The highest BCUT2D eigenvalue weighted by Crippen LogP contribution is 2.12. The van der Waals surface area contributed by atoms with Crippen LogP contribution < -0.4 is 16.0 Å². The second-order valence-electron chi connectivity index (χ2n) is 6.20. The number of amides is 2. The van der Waals surface area contributed by atoms with Crippen LogP contribution in [0.1, 0.15) is 40.0 Å². The van der Waals surface area contributed by atoms with E-state index in [1.54, 1.807) is 0 Å². The van der Waals surface area contributed by atoms with Gasteiger partial charge in [0.25, 0.3) is 0 Å². The van der Waals surface area contributed by atoms with Crippen molar-refractivity contribution in [3.05, 3.63) is 0 Å². The van der Waals surface area contributed by atoms with Crippen molar-refractivity contribution in [2.24, 2.45) is 5.92 Å². The summed E-state index contributed by atoms with van der Waals surface area (Å²) in [6.07, 6.45) is 0.0670. The number of aliphatic hydroxyl groups excluding tert-OH is 1. The Morgan fingerprint density at radius 3 is 2.57 bits per heavy atom. The largest absolute Gasteiger partial charge is 0.465 e. The molecule has 4 atom stereocenters. The van der Waals surface area contributed by atoms with Crippen LogP contribution in [0.4, 0.5) is 4.79 Å². The van der Waals surface area contributed by atoms with E-state index in [-0.39, 0.29) is 17.9 Å². The Hall–Kier alpha value is -1.34. The summed E-state index contributed by atoms with van der Waals surface area (Å²) in [4.78, 5) is 23.1. The van der Waals surface area contributed by atoms with Gasteiger partial charge in [0.2, 0.25) is 5.91 Å². The van der Waals surface area contributed by atoms with Gasteiger partial charge in [-0.15, -0.1) is 0 Å². The molecule has 0 unspecified atom stereocenters. The molecule has 1 rings (SSSR count). The van der Waals surface area contributed by atoms with Crippen molar-refractivity contribution in [2.75, 3.05) is 6.54 Å². The molecule has 0 aromatic carbocycles. The Kier molecular flexibility index (Phi) is 6.91. The number of carbonyl (C=O) groups is 2. The second kappa shape index (κ2) is 8.19. The molecule has 1 heterocycles. The molecule has 5 N–H and O–H groups in total. The summed E-state index contributed by atoms with van der Waals surface area (Å²) in [5, 5.41) is 27.1. The molecular weight excluding hydrogens is 274 g/mol. The Morgan fingerprint density at radius 2 is 2.00 bits per heavy atom. The van der Waals surface area contributed by atoms with Crippen molar-refractivity contribution < 1.29 is 19.8 Å². The van der Waals surface area contributed by atoms with Crippen LogP contribution in [0, 0.1) is 5.92 Å². The zero-order chi connectivity index (χ0) is 16.0. The van der Waals surface area contributed by atoms with Gasteiger partial charge in [0, 0.05) is 12.6 Å². The monoisotopic (exact) mass is 301 g/mol. The van der Waals surface area contributed by atoms with E-state index in [0.717, 1.165) is 6.42 Å².